The van der Waals surface area contributed by atoms with E-state index in [9.17, 15) is 0 Å². The molecule has 1 unspecified atom stereocenters. The zero-order valence-corrected chi connectivity index (χ0v) is 7.15. The van der Waals surface area contributed by atoms with Crippen molar-refractivity contribution in [2.24, 2.45) is 5.92 Å². The van der Waals surface area contributed by atoms with Gasteiger partial charge in [0.15, 0.2) is 0 Å². The van der Waals surface area contributed by atoms with E-state index < -0.39 is 0 Å². The number of rotatable bonds is 2. The van der Waals surface area contributed by atoms with Crippen molar-refractivity contribution in [1.82, 2.24) is 5.32 Å². The zero-order valence-electron chi connectivity index (χ0n) is 7.15. The van der Waals surface area contributed by atoms with Crippen molar-refractivity contribution in [3.8, 4) is 0 Å². The van der Waals surface area contributed by atoms with Crippen LogP contribution in [0.25, 0.3) is 0 Å². The van der Waals surface area contributed by atoms with E-state index in [4.69, 9.17) is 0 Å². The van der Waals surface area contributed by atoms with Gasteiger partial charge < -0.3 is 5.32 Å². The molecular weight excluding hydrogens is 122 g/mol. The highest BCUT2D eigenvalue weighted by atomic mass is 14.9. The lowest BCUT2D eigenvalue weighted by Crippen LogP contribution is -2.23. The van der Waals surface area contributed by atoms with Gasteiger partial charge in [-0.05, 0) is 18.8 Å². The Labute approximate surface area is 63.5 Å². The molecule has 0 aromatic heterocycles. The number of hydrogen-bond donors (Lipinski definition) is 1. The van der Waals surface area contributed by atoms with Gasteiger partial charge in [0.1, 0.15) is 0 Å². The summed E-state index contributed by atoms with van der Waals surface area (Å²) >= 11 is 0. The highest BCUT2D eigenvalue weighted by molar-refractivity contribution is 5.10. The predicted octanol–water partition coefficient (Wildman–Crippen LogP) is 2.30. The van der Waals surface area contributed by atoms with Gasteiger partial charge in [0.25, 0.3) is 0 Å². The smallest absolute Gasteiger partial charge is 0.0290 e. The molecule has 0 aromatic rings. The predicted molar refractivity (Wildman–Crippen MR) is 44.8 cm³/mol. The van der Waals surface area contributed by atoms with E-state index in [2.05, 4.69) is 32.2 Å². The van der Waals surface area contributed by atoms with Crippen LogP contribution in [0.2, 0.25) is 0 Å². The van der Waals surface area contributed by atoms with Gasteiger partial charge in [0, 0.05) is 11.7 Å². The van der Waals surface area contributed by atoms with Crippen LogP contribution in [0.5, 0.6) is 0 Å². The standard InChI is InChI=1S/C9H17N/c1-4-8-5-6-9(10-8)7(2)3/h6-8,10H,4-5H2,1-3H3. The van der Waals surface area contributed by atoms with Gasteiger partial charge in [-0.2, -0.15) is 0 Å². The maximum absolute atomic E-state index is 3.50. The number of allylic oxidation sites excluding steroid dienone is 1. The first-order valence-corrected chi connectivity index (χ1v) is 4.20. The second-order valence-corrected chi connectivity index (χ2v) is 3.30. The molecule has 0 spiro atoms. The van der Waals surface area contributed by atoms with Crippen LogP contribution in [0.15, 0.2) is 11.8 Å². The monoisotopic (exact) mass is 139 g/mol. The summed E-state index contributed by atoms with van der Waals surface area (Å²) in [7, 11) is 0. The molecule has 1 heterocycles. The zero-order chi connectivity index (χ0) is 7.56. The Hall–Kier alpha value is -0.460. The average molecular weight is 139 g/mol. The summed E-state index contributed by atoms with van der Waals surface area (Å²) in [6.07, 6.45) is 4.80. The highest BCUT2D eigenvalue weighted by Crippen LogP contribution is 2.17. The maximum atomic E-state index is 3.50. The largest absolute Gasteiger partial charge is 0.385 e. The summed E-state index contributed by atoms with van der Waals surface area (Å²) in [5, 5.41) is 3.50. The van der Waals surface area contributed by atoms with Crippen molar-refractivity contribution >= 4 is 0 Å². The van der Waals surface area contributed by atoms with E-state index in [1.165, 1.54) is 18.5 Å². The molecule has 10 heavy (non-hydrogen) atoms. The maximum Gasteiger partial charge on any atom is 0.0290 e. The van der Waals surface area contributed by atoms with Gasteiger partial charge in [-0.3, -0.25) is 0 Å². The molecule has 0 aliphatic carbocycles. The van der Waals surface area contributed by atoms with Gasteiger partial charge in [-0.25, -0.2) is 0 Å². The Morgan fingerprint density at radius 2 is 2.40 bits per heavy atom. The Kier molecular flexibility index (Phi) is 2.36. The Morgan fingerprint density at radius 3 is 2.70 bits per heavy atom. The average Bonchev–Trinajstić information content (AvgIpc) is 2.34. The molecule has 1 atom stereocenters. The molecule has 1 nitrogen and oxygen atoms in total. The molecule has 0 saturated heterocycles. The third-order valence-electron chi connectivity index (χ3n) is 2.11. The molecule has 1 rings (SSSR count). The minimum absolute atomic E-state index is 0.677. The summed E-state index contributed by atoms with van der Waals surface area (Å²) in [6.45, 7) is 6.70. The first kappa shape index (κ1) is 7.64. The van der Waals surface area contributed by atoms with Crippen LogP contribution in [-0.2, 0) is 0 Å². The van der Waals surface area contributed by atoms with E-state index in [-0.39, 0.29) is 0 Å². The van der Waals surface area contributed by atoms with E-state index >= 15 is 0 Å². The Morgan fingerprint density at radius 1 is 1.70 bits per heavy atom. The van der Waals surface area contributed by atoms with E-state index in [1.54, 1.807) is 0 Å². The molecule has 0 aromatic carbocycles. The quantitative estimate of drug-likeness (QED) is 0.619. The van der Waals surface area contributed by atoms with Crippen LogP contribution in [0.4, 0.5) is 0 Å². The van der Waals surface area contributed by atoms with Crippen LogP contribution in [-0.4, -0.2) is 6.04 Å². The molecule has 1 N–H and O–H groups in total. The van der Waals surface area contributed by atoms with Crippen LogP contribution >= 0.6 is 0 Å². The first-order chi connectivity index (χ1) is 4.74. The number of hydrogen-bond acceptors (Lipinski definition) is 1. The highest BCUT2D eigenvalue weighted by Gasteiger charge is 2.14. The summed E-state index contributed by atoms with van der Waals surface area (Å²) in [5.41, 5.74) is 1.44. The minimum atomic E-state index is 0.677. The SMILES string of the molecule is CCC1CC=C(C(C)C)N1. The van der Waals surface area contributed by atoms with Crippen LogP contribution in [0.1, 0.15) is 33.6 Å². The third-order valence-corrected chi connectivity index (χ3v) is 2.11. The normalized spacial score (nSPS) is 24.8. The van der Waals surface area contributed by atoms with Crippen molar-refractivity contribution in [1.29, 1.82) is 0 Å². The van der Waals surface area contributed by atoms with Crippen molar-refractivity contribution in [3.63, 3.8) is 0 Å². The van der Waals surface area contributed by atoms with Gasteiger partial charge >= 0.3 is 0 Å². The molecule has 1 aliphatic rings. The fraction of sp³-hybridized carbons (Fsp3) is 0.778. The van der Waals surface area contributed by atoms with Gasteiger partial charge in [0.05, 0.1) is 0 Å². The summed E-state index contributed by atoms with van der Waals surface area (Å²) in [5.74, 6) is 0.677. The molecule has 58 valence electrons. The van der Waals surface area contributed by atoms with E-state index in [0.717, 1.165) is 6.04 Å². The molecule has 1 aliphatic heterocycles. The van der Waals surface area contributed by atoms with E-state index in [0.29, 0.717) is 5.92 Å². The lowest BCUT2D eigenvalue weighted by molar-refractivity contribution is 0.559. The van der Waals surface area contributed by atoms with Gasteiger partial charge in [0.2, 0.25) is 0 Å². The van der Waals surface area contributed by atoms with Crippen LogP contribution in [0, 0.1) is 5.92 Å². The molecule has 0 saturated carbocycles. The molecule has 0 fully saturated rings. The molecular formula is C9H17N. The lowest BCUT2D eigenvalue weighted by atomic mass is 10.1. The van der Waals surface area contributed by atoms with Gasteiger partial charge in [-0.15, -0.1) is 0 Å². The molecule has 1 heteroatoms. The minimum Gasteiger partial charge on any atom is -0.385 e. The molecule has 0 radical (unpaired) electrons. The van der Waals surface area contributed by atoms with Crippen molar-refractivity contribution in [2.75, 3.05) is 0 Å². The Balaban J connectivity index is 2.39. The van der Waals surface area contributed by atoms with Crippen molar-refractivity contribution < 1.29 is 0 Å². The van der Waals surface area contributed by atoms with Gasteiger partial charge in [-0.1, -0.05) is 26.8 Å². The second kappa shape index (κ2) is 3.09. The molecule has 0 bridgehead atoms. The number of nitrogens with one attached hydrogen (secondary N) is 1. The van der Waals surface area contributed by atoms with Crippen LogP contribution in [0.3, 0.4) is 0 Å². The summed E-state index contributed by atoms with van der Waals surface area (Å²) in [4.78, 5) is 0. The van der Waals surface area contributed by atoms with Crippen LogP contribution < -0.4 is 5.32 Å². The molecule has 0 amide bonds. The first-order valence-electron chi connectivity index (χ1n) is 4.20. The Bertz CT molecular complexity index is 136. The topological polar surface area (TPSA) is 12.0 Å². The lowest BCUT2D eigenvalue weighted by Gasteiger charge is -2.13. The fourth-order valence-electron chi connectivity index (χ4n) is 1.29. The summed E-state index contributed by atoms with van der Waals surface area (Å²) < 4.78 is 0. The second-order valence-electron chi connectivity index (χ2n) is 3.30. The fourth-order valence-corrected chi connectivity index (χ4v) is 1.29. The van der Waals surface area contributed by atoms with Crippen molar-refractivity contribution in [2.45, 2.75) is 39.7 Å². The van der Waals surface area contributed by atoms with Crippen molar-refractivity contribution in [3.05, 3.63) is 11.8 Å². The van der Waals surface area contributed by atoms with E-state index in [1.807, 2.05) is 0 Å². The third kappa shape index (κ3) is 1.53. The summed E-state index contributed by atoms with van der Waals surface area (Å²) in [6, 6.07) is 0.720.